The number of carbonyl (C=O) groups excluding carboxylic acids is 1. The van der Waals surface area contributed by atoms with E-state index in [1.54, 1.807) is 29.7 Å². The average Bonchev–Trinajstić information content (AvgIpc) is 3.29. The molecule has 1 amide bonds. The molecule has 0 aliphatic rings. The van der Waals surface area contributed by atoms with E-state index in [0.717, 1.165) is 15.6 Å². The summed E-state index contributed by atoms with van der Waals surface area (Å²) in [7, 11) is -0.499. The minimum absolute atomic E-state index is 0.211. The van der Waals surface area contributed by atoms with Gasteiger partial charge in [-0.2, -0.15) is 0 Å². The second kappa shape index (κ2) is 8.09. The number of thiazole rings is 1. The zero-order chi connectivity index (χ0) is 20.3. The van der Waals surface area contributed by atoms with Gasteiger partial charge < -0.3 is 4.42 Å². The third-order valence-corrected chi connectivity index (χ3v) is 6.41. The molecule has 9 heteroatoms. The summed E-state index contributed by atoms with van der Waals surface area (Å²) in [5, 5.41) is 4.94. The van der Waals surface area contributed by atoms with Gasteiger partial charge in [-0.25, -0.2) is 17.7 Å². The molecule has 2 aromatic heterocycles. The Labute approximate surface area is 167 Å². The molecule has 0 radical (unpaired) electrons. The third-order valence-electron chi connectivity index (χ3n) is 3.82. The summed E-state index contributed by atoms with van der Waals surface area (Å²) >= 11 is 1.29. The van der Waals surface area contributed by atoms with E-state index >= 15 is 0 Å². The molecule has 3 aromatic rings. The van der Waals surface area contributed by atoms with Crippen molar-refractivity contribution < 1.29 is 17.6 Å². The van der Waals surface area contributed by atoms with Crippen molar-refractivity contribution in [1.82, 2.24) is 9.29 Å². The van der Waals surface area contributed by atoms with E-state index < -0.39 is 10.0 Å². The van der Waals surface area contributed by atoms with Crippen LogP contribution in [0.25, 0.3) is 17.3 Å². The molecule has 2 heterocycles. The fourth-order valence-electron chi connectivity index (χ4n) is 2.32. The third kappa shape index (κ3) is 4.56. The predicted octanol–water partition coefficient (Wildman–Crippen LogP) is 3.61. The molecular weight excluding hydrogens is 398 g/mol. The lowest BCUT2D eigenvalue weighted by Crippen LogP contribution is -2.22. The summed E-state index contributed by atoms with van der Waals surface area (Å²) < 4.78 is 30.8. The number of amides is 1. The van der Waals surface area contributed by atoms with Gasteiger partial charge in [-0.1, -0.05) is 12.1 Å². The first-order valence-electron chi connectivity index (χ1n) is 8.30. The number of furan rings is 1. The van der Waals surface area contributed by atoms with Crippen LogP contribution in [0.2, 0.25) is 0 Å². The minimum Gasteiger partial charge on any atom is -0.462 e. The zero-order valence-electron chi connectivity index (χ0n) is 15.5. The summed E-state index contributed by atoms with van der Waals surface area (Å²) in [6, 6.07) is 10.1. The number of benzene rings is 1. The highest BCUT2D eigenvalue weighted by atomic mass is 32.2. The average molecular weight is 418 g/mol. The highest BCUT2D eigenvalue weighted by Crippen LogP contribution is 2.26. The van der Waals surface area contributed by atoms with E-state index in [4.69, 9.17) is 4.42 Å². The van der Waals surface area contributed by atoms with E-state index in [-0.39, 0.29) is 10.8 Å². The van der Waals surface area contributed by atoms with Crippen LogP contribution in [0.15, 0.2) is 57.2 Å². The number of aromatic nitrogens is 1. The molecule has 146 valence electrons. The first-order chi connectivity index (χ1) is 13.3. The Bertz CT molecular complexity index is 1110. The van der Waals surface area contributed by atoms with Gasteiger partial charge in [0.05, 0.1) is 10.6 Å². The molecule has 0 fully saturated rings. The first kappa shape index (κ1) is 20.0. The van der Waals surface area contributed by atoms with Crippen molar-refractivity contribution in [2.75, 3.05) is 19.4 Å². The SMILES string of the molecule is Cc1ccc(C=CC(=O)Nc2nc(-c3ccc(S(=O)(=O)N(C)C)cc3)cs2)o1. The van der Waals surface area contributed by atoms with Crippen LogP contribution < -0.4 is 5.32 Å². The number of hydrogen-bond acceptors (Lipinski definition) is 6. The lowest BCUT2D eigenvalue weighted by Gasteiger charge is -2.11. The van der Waals surface area contributed by atoms with E-state index in [0.29, 0.717) is 16.6 Å². The molecule has 0 saturated carbocycles. The van der Waals surface area contributed by atoms with Gasteiger partial charge in [0, 0.05) is 31.1 Å². The van der Waals surface area contributed by atoms with Crippen LogP contribution >= 0.6 is 11.3 Å². The second-order valence-corrected chi connectivity index (χ2v) is 9.13. The molecule has 1 aromatic carbocycles. The zero-order valence-corrected chi connectivity index (χ0v) is 17.2. The Morgan fingerprint density at radius 3 is 2.50 bits per heavy atom. The number of anilines is 1. The summed E-state index contributed by atoms with van der Waals surface area (Å²) in [6.45, 7) is 1.83. The van der Waals surface area contributed by atoms with Crippen LogP contribution in [0.1, 0.15) is 11.5 Å². The Hall–Kier alpha value is -2.75. The summed E-state index contributed by atoms with van der Waals surface area (Å²) in [6.07, 6.45) is 2.96. The van der Waals surface area contributed by atoms with Crippen molar-refractivity contribution >= 4 is 38.5 Å². The van der Waals surface area contributed by atoms with Gasteiger partial charge in [-0.3, -0.25) is 10.1 Å². The Kier molecular flexibility index (Phi) is 5.78. The molecule has 0 spiro atoms. The lowest BCUT2D eigenvalue weighted by atomic mass is 10.2. The molecule has 3 rings (SSSR count). The molecule has 0 unspecified atom stereocenters. The molecule has 0 atom stereocenters. The maximum Gasteiger partial charge on any atom is 0.250 e. The van der Waals surface area contributed by atoms with E-state index in [1.807, 2.05) is 13.0 Å². The highest BCUT2D eigenvalue weighted by molar-refractivity contribution is 7.89. The van der Waals surface area contributed by atoms with Gasteiger partial charge in [0.25, 0.3) is 0 Å². The quantitative estimate of drug-likeness (QED) is 0.619. The van der Waals surface area contributed by atoms with Gasteiger partial charge in [0.1, 0.15) is 11.5 Å². The number of sulfonamides is 1. The van der Waals surface area contributed by atoms with Gasteiger partial charge >= 0.3 is 0 Å². The number of aryl methyl sites for hydroxylation is 1. The Balaban J connectivity index is 1.68. The smallest absolute Gasteiger partial charge is 0.250 e. The standard InChI is InChI=1S/C19H19N3O4S2/c1-13-4-7-15(26-13)8-11-18(23)21-19-20-17(12-27-19)14-5-9-16(10-6-14)28(24,25)22(2)3/h4-12H,1-3H3,(H,20,21,23). The monoisotopic (exact) mass is 417 g/mol. The molecule has 0 saturated heterocycles. The van der Waals surface area contributed by atoms with Crippen molar-refractivity contribution in [3.8, 4) is 11.3 Å². The number of nitrogens with one attached hydrogen (secondary N) is 1. The van der Waals surface area contributed by atoms with Crippen LogP contribution in [0.3, 0.4) is 0 Å². The normalized spacial score (nSPS) is 12.0. The Morgan fingerprint density at radius 2 is 1.89 bits per heavy atom. The van der Waals surface area contributed by atoms with Crippen LogP contribution in [0.5, 0.6) is 0 Å². The fraction of sp³-hybridized carbons (Fsp3) is 0.158. The molecule has 0 aliphatic carbocycles. The molecule has 1 N–H and O–H groups in total. The maximum absolute atomic E-state index is 12.1. The van der Waals surface area contributed by atoms with Crippen molar-refractivity contribution in [3.05, 3.63) is 59.4 Å². The van der Waals surface area contributed by atoms with Crippen LogP contribution in [0.4, 0.5) is 5.13 Å². The second-order valence-electron chi connectivity index (χ2n) is 6.12. The van der Waals surface area contributed by atoms with Crippen LogP contribution in [-0.2, 0) is 14.8 Å². The van der Waals surface area contributed by atoms with Crippen LogP contribution in [0, 0.1) is 6.92 Å². The van der Waals surface area contributed by atoms with Gasteiger partial charge in [0.15, 0.2) is 5.13 Å². The molecule has 0 bridgehead atoms. The summed E-state index contributed by atoms with van der Waals surface area (Å²) in [4.78, 5) is 16.6. The van der Waals surface area contributed by atoms with Crippen molar-refractivity contribution in [3.63, 3.8) is 0 Å². The number of hydrogen-bond donors (Lipinski definition) is 1. The predicted molar refractivity (Wildman–Crippen MR) is 110 cm³/mol. The first-order valence-corrected chi connectivity index (χ1v) is 10.6. The van der Waals surface area contributed by atoms with Gasteiger partial charge in [-0.15, -0.1) is 11.3 Å². The highest BCUT2D eigenvalue weighted by Gasteiger charge is 2.17. The number of rotatable bonds is 6. The van der Waals surface area contributed by atoms with E-state index in [1.165, 1.54) is 43.6 Å². The van der Waals surface area contributed by atoms with Crippen molar-refractivity contribution in [2.24, 2.45) is 0 Å². The molecular formula is C19H19N3O4S2. The molecule has 7 nitrogen and oxygen atoms in total. The van der Waals surface area contributed by atoms with Gasteiger partial charge in [-0.05, 0) is 37.3 Å². The molecule has 0 aliphatic heterocycles. The van der Waals surface area contributed by atoms with Crippen LogP contribution in [-0.4, -0.2) is 37.7 Å². The topological polar surface area (TPSA) is 92.5 Å². The largest absolute Gasteiger partial charge is 0.462 e. The summed E-state index contributed by atoms with van der Waals surface area (Å²) in [5.41, 5.74) is 1.41. The minimum atomic E-state index is -3.47. The van der Waals surface area contributed by atoms with Crippen molar-refractivity contribution in [1.29, 1.82) is 0 Å². The summed E-state index contributed by atoms with van der Waals surface area (Å²) in [5.74, 6) is 1.05. The fourth-order valence-corrected chi connectivity index (χ4v) is 3.94. The van der Waals surface area contributed by atoms with Crippen molar-refractivity contribution in [2.45, 2.75) is 11.8 Å². The maximum atomic E-state index is 12.1. The number of carbonyl (C=O) groups is 1. The molecule has 28 heavy (non-hydrogen) atoms. The van der Waals surface area contributed by atoms with Gasteiger partial charge in [0.2, 0.25) is 15.9 Å². The number of nitrogens with zero attached hydrogens (tertiary/aromatic N) is 2. The Morgan fingerprint density at radius 1 is 1.18 bits per heavy atom. The van der Waals surface area contributed by atoms with E-state index in [2.05, 4.69) is 10.3 Å². The lowest BCUT2D eigenvalue weighted by molar-refractivity contribution is -0.111. The van der Waals surface area contributed by atoms with E-state index in [9.17, 15) is 13.2 Å².